The van der Waals surface area contributed by atoms with Gasteiger partial charge in [-0.15, -0.1) is 23.1 Å². The Morgan fingerprint density at radius 3 is 2.67 bits per heavy atom. The second-order valence-electron chi connectivity index (χ2n) is 6.10. The lowest BCUT2D eigenvalue weighted by molar-refractivity contribution is -0.119. The molecule has 0 unspecified atom stereocenters. The van der Waals surface area contributed by atoms with Crippen LogP contribution in [0.5, 0.6) is 0 Å². The fraction of sp³-hybridized carbons (Fsp3) is 0.143. The quantitative estimate of drug-likeness (QED) is 0.393. The number of carbonyl (C=O) groups is 2. The van der Waals surface area contributed by atoms with Crippen LogP contribution in [-0.4, -0.2) is 23.5 Å². The molecule has 2 aromatic carbocycles. The Morgan fingerprint density at radius 1 is 1.27 bits per heavy atom. The zero-order valence-corrected chi connectivity index (χ0v) is 18.2. The van der Waals surface area contributed by atoms with E-state index in [0.717, 1.165) is 21.3 Å². The molecule has 0 saturated carbocycles. The number of thioether (sulfide) groups is 1. The van der Waals surface area contributed by atoms with Crippen molar-refractivity contribution in [2.75, 3.05) is 11.9 Å². The molecule has 1 N–H and O–H groups in total. The number of rotatable bonds is 7. The largest absolute Gasteiger partial charge is 0.452 e. The molecule has 0 saturated heterocycles. The molecular weight excluding hydrogens is 442 g/mol. The van der Waals surface area contributed by atoms with Crippen molar-refractivity contribution in [3.63, 3.8) is 0 Å². The minimum Gasteiger partial charge on any atom is -0.452 e. The number of anilines is 1. The molecule has 0 spiro atoms. The highest BCUT2D eigenvalue weighted by atomic mass is 35.5. The lowest BCUT2D eigenvalue weighted by Gasteiger charge is -2.08. The molecule has 6 nitrogen and oxygen atoms in total. The highest BCUT2D eigenvalue weighted by Gasteiger charge is 2.11. The number of nitriles is 1. The van der Waals surface area contributed by atoms with Gasteiger partial charge in [0.05, 0.1) is 26.9 Å². The summed E-state index contributed by atoms with van der Waals surface area (Å²) in [4.78, 5) is 29.6. The number of nitrogens with one attached hydrogen (secondary N) is 1. The van der Waals surface area contributed by atoms with Crippen molar-refractivity contribution >= 4 is 52.3 Å². The van der Waals surface area contributed by atoms with Crippen molar-refractivity contribution in [2.45, 2.75) is 17.6 Å². The van der Waals surface area contributed by atoms with E-state index in [2.05, 4.69) is 10.3 Å². The van der Waals surface area contributed by atoms with Crippen molar-refractivity contribution < 1.29 is 14.3 Å². The first-order valence-electron chi connectivity index (χ1n) is 8.75. The molecule has 3 aromatic rings. The summed E-state index contributed by atoms with van der Waals surface area (Å²) in [6, 6.07) is 13.4. The number of nitrogens with zero attached hydrogens (tertiary/aromatic N) is 2. The molecule has 0 bridgehead atoms. The summed E-state index contributed by atoms with van der Waals surface area (Å²) in [6.45, 7) is 1.54. The number of thiazole rings is 1. The average Bonchev–Trinajstić information content (AvgIpc) is 3.16. The average molecular weight is 458 g/mol. The van der Waals surface area contributed by atoms with Crippen LogP contribution in [0, 0.1) is 18.3 Å². The van der Waals surface area contributed by atoms with Crippen LogP contribution in [0.15, 0.2) is 52.7 Å². The van der Waals surface area contributed by atoms with Gasteiger partial charge >= 0.3 is 5.97 Å². The number of aromatic nitrogens is 1. The number of carbonyl (C=O) groups excluding carboxylic acids is 2. The number of hydrogen-bond donors (Lipinski definition) is 1. The van der Waals surface area contributed by atoms with Gasteiger partial charge in [0.2, 0.25) is 0 Å². The SMILES string of the molecule is Cc1nc(CSc2ccc(C(=O)OCC(=O)Nc3ccc(C#N)c(Cl)c3)cc2)cs1. The summed E-state index contributed by atoms with van der Waals surface area (Å²) in [5, 5.41) is 14.7. The van der Waals surface area contributed by atoms with E-state index in [1.165, 1.54) is 12.1 Å². The highest BCUT2D eigenvalue weighted by Crippen LogP contribution is 2.24. The lowest BCUT2D eigenvalue weighted by atomic mass is 10.2. The number of amides is 1. The number of esters is 1. The van der Waals surface area contributed by atoms with E-state index in [1.807, 2.05) is 30.5 Å². The fourth-order valence-corrected chi connectivity index (χ4v) is 4.15. The maximum Gasteiger partial charge on any atom is 0.338 e. The van der Waals surface area contributed by atoms with Gasteiger partial charge in [0.1, 0.15) is 6.07 Å². The summed E-state index contributed by atoms with van der Waals surface area (Å²) in [5.74, 6) is -0.335. The Labute approximate surface area is 186 Å². The Morgan fingerprint density at radius 2 is 2.03 bits per heavy atom. The van der Waals surface area contributed by atoms with Crippen molar-refractivity contribution in [3.05, 3.63) is 74.7 Å². The predicted molar refractivity (Wildman–Crippen MR) is 118 cm³/mol. The van der Waals surface area contributed by atoms with Crippen LogP contribution < -0.4 is 5.32 Å². The number of hydrogen-bond acceptors (Lipinski definition) is 7. The van der Waals surface area contributed by atoms with E-state index in [1.54, 1.807) is 41.3 Å². The number of halogens is 1. The maximum absolute atomic E-state index is 12.2. The maximum atomic E-state index is 12.2. The molecular formula is C21H16ClN3O3S2. The van der Waals surface area contributed by atoms with Crippen molar-refractivity contribution in [2.24, 2.45) is 0 Å². The van der Waals surface area contributed by atoms with Gasteiger partial charge in [-0.1, -0.05) is 11.6 Å². The zero-order chi connectivity index (χ0) is 21.5. The molecule has 1 amide bonds. The van der Waals surface area contributed by atoms with Gasteiger partial charge in [0, 0.05) is 21.7 Å². The molecule has 0 fully saturated rings. The van der Waals surface area contributed by atoms with Gasteiger partial charge < -0.3 is 10.1 Å². The van der Waals surface area contributed by atoms with E-state index >= 15 is 0 Å². The van der Waals surface area contributed by atoms with E-state index in [9.17, 15) is 9.59 Å². The molecule has 0 aliphatic carbocycles. The van der Waals surface area contributed by atoms with Crippen LogP contribution in [0.3, 0.4) is 0 Å². The molecule has 1 aromatic heterocycles. The molecule has 3 rings (SSSR count). The van der Waals surface area contributed by atoms with E-state index in [0.29, 0.717) is 16.8 Å². The topological polar surface area (TPSA) is 92.1 Å². The molecule has 0 atom stereocenters. The van der Waals surface area contributed by atoms with Crippen LogP contribution in [0.25, 0.3) is 0 Å². The Bertz CT molecular complexity index is 1110. The zero-order valence-electron chi connectivity index (χ0n) is 15.8. The molecule has 0 aliphatic rings. The Kier molecular flexibility index (Phi) is 7.46. The molecule has 0 aliphatic heterocycles. The van der Waals surface area contributed by atoms with E-state index < -0.39 is 18.5 Å². The van der Waals surface area contributed by atoms with Gasteiger partial charge in [-0.3, -0.25) is 4.79 Å². The lowest BCUT2D eigenvalue weighted by Crippen LogP contribution is -2.20. The monoisotopic (exact) mass is 457 g/mol. The van der Waals surface area contributed by atoms with E-state index in [-0.39, 0.29) is 5.02 Å². The number of benzene rings is 2. The summed E-state index contributed by atoms with van der Waals surface area (Å²) in [6.07, 6.45) is 0. The van der Waals surface area contributed by atoms with Crippen LogP contribution in [-0.2, 0) is 15.3 Å². The van der Waals surface area contributed by atoms with Crippen LogP contribution in [0.2, 0.25) is 5.02 Å². The first kappa shape index (κ1) is 21.8. The third-order valence-electron chi connectivity index (χ3n) is 3.85. The van der Waals surface area contributed by atoms with Gasteiger partial charge in [-0.05, 0) is 49.4 Å². The van der Waals surface area contributed by atoms with Gasteiger partial charge in [-0.2, -0.15) is 5.26 Å². The Balaban J connectivity index is 1.47. The molecule has 0 radical (unpaired) electrons. The van der Waals surface area contributed by atoms with Gasteiger partial charge in [0.15, 0.2) is 6.61 Å². The fourth-order valence-electron chi connectivity index (χ4n) is 2.41. The molecule has 9 heteroatoms. The van der Waals surface area contributed by atoms with Crippen molar-refractivity contribution in [3.8, 4) is 6.07 Å². The normalized spacial score (nSPS) is 10.3. The predicted octanol–water partition coefficient (Wildman–Crippen LogP) is 5.06. The second-order valence-corrected chi connectivity index (χ2v) is 8.62. The summed E-state index contributed by atoms with van der Waals surface area (Å²) < 4.78 is 5.06. The van der Waals surface area contributed by atoms with Crippen molar-refractivity contribution in [1.29, 1.82) is 5.26 Å². The number of ether oxygens (including phenoxy) is 1. The van der Waals surface area contributed by atoms with Crippen LogP contribution in [0.4, 0.5) is 5.69 Å². The molecule has 1 heterocycles. The third kappa shape index (κ3) is 6.07. The minimum atomic E-state index is -0.588. The Hall–Kier alpha value is -2.86. The second kappa shape index (κ2) is 10.3. The number of aryl methyl sites for hydroxylation is 1. The third-order valence-corrected chi connectivity index (χ3v) is 6.03. The van der Waals surface area contributed by atoms with Crippen LogP contribution in [0.1, 0.15) is 26.6 Å². The summed E-state index contributed by atoms with van der Waals surface area (Å²) in [7, 11) is 0. The van der Waals surface area contributed by atoms with Gasteiger partial charge in [0.25, 0.3) is 5.91 Å². The molecule has 152 valence electrons. The van der Waals surface area contributed by atoms with Crippen molar-refractivity contribution in [1.82, 2.24) is 4.98 Å². The van der Waals surface area contributed by atoms with Gasteiger partial charge in [-0.25, -0.2) is 9.78 Å². The highest BCUT2D eigenvalue weighted by molar-refractivity contribution is 7.98. The first-order valence-corrected chi connectivity index (χ1v) is 11.0. The standard InChI is InChI=1S/C21H16ClN3O3S2/c1-13-24-17(11-29-13)12-30-18-6-3-14(4-7-18)21(27)28-10-20(26)25-16-5-2-15(9-23)19(22)8-16/h2-8,11H,10,12H2,1H3,(H,25,26). The molecule has 30 heavy (non-hydrogen) atoms. The minimum absolute atomic E-state index is 0.232. The van der Waals surface area contributed by atoms with E-state index in [4.69, 9.17) is 21.6 Å². The summed E-state index contributed by atoms with van der Waals surface area (Å²) >= 11 is 9.17. The summed E-state index contributed by atoms with van der Waals surface area (Å²) in [5.41, 5.74) is 2.11. The van der Waals surface area contributed by atoms with Crippen LogP contribution >= 0.6 is 34.7 Å². The first-order chi connectivity index (χ1) is 14.4. The smallest absolute Gasteiger partial charge is 0.338 e.